The Morgan fingerprint density at radius 1 is 1.26 bits per heavy atom. The van der Waals surface area contributed by atoms with Crippen molar-refractivity contribution >= 4 is 17.3 Å². The molecule has 2 rings (SSSR count). The van der Waals surface area contributed by atoms with Crippen LogP contribution in [0.4, 0.5) is 11.4 Å². The highest BCUT2D eigenvalue weighted by molar-refractivity contribution is 5.94. The van der Waals surface area contributed by atoms with Gasteiger partial charge in [-0.2, -0.15) is 0 Å². The molecule has 1 aromatic rings. The van der Waals surface area contributed by atoms with Gasteiger partial charge in [0.2, 0.25) is 5.91 Å². The highest BCUT2D eigenvalue weighted by Gasteiger charge is 2.18. The quantitative estimate of drug-likeness (QED) is 0.798. The minimum absolute atomic E-state index is 0.0335. The zero-order chi connectivity index (χ0) is 13.8. The summed E-state index contributed by atoms with van der Waals surface area (Å²) in [6, 6.07) is 5.97. The predicted octanol–water partition coefficient (Wildman–Crippen LogP) is 1.99. The minimum atomic E-state index is -0.296. The van der Waals surface area contributed by atoms with Gasteiger partial charge in [-0.05, 0) is 37.1 Å². The van der Waals surface area contributed by atoms with E-state index in [4.69, 9.17) is 9.47 Å². The zero-order valence-corrected chi connectivity index (χ0v) is 11.5. The monoisotopic (exact) mass is 264 g/mol. The normalized spacial score (nSPS) is 15.9. The Labute approximate surface area is 113 Å². The second-order valence-electron chi connectivity index (χ2n) is 4.69. The number of rotatable bonds is 5. The van der Waals surface area contributed by atoms with Crippen LogP contribution >= 0.6 is 0 Å². The Balaban J connectivity index is 2.08. The number of ether oxygens (including phenoxy) is 2. The maximum atomic E-state index is 11.3. The molecule has 1 unspecified atom stereocenters. The van der Waals surface area contributed by atoms with Crippen LogP contribution in [0.5, 0.6) is 0 Å². The third-order valence-electron chi connectivity index (χ3n) is 3.27. The molecule has 0 saturated heterocycles. The standard InChI is InChI=1S/C14H20N2O3/c1-9(14(18-2)19-3)15-11-5-6-12-10(8-11)4-7-13(17)16-12/h5-6,8-9,14-15H,4,7H2,1-3H3,(H,16,17). The Bertz CT molecular complexity index is 458. The van der Waals surface area contributed by atoms with Crippen molar-refractivity contribution in [3.05, 3.63) is 23.8 Å². The molecule has 0 aromatic heterocycles. The van der Waals surface area contributed by atoms with Gasteiger partial charge in [-0.1, -0.05) is 0 Å². The average molecular weight is 264 g/mol. The van der Waals surface area contributed by atoms with Crippen LogP contribution in [0, 0.1) is 0 Å². The van der Waals surface area contributed by atoms with E-state index in [2.05, 4.69) is 16.7 Å². The van der Waals surface area contributed by atoms with Crippen LogP contribution in [-0.2, 0) is 20.7 Å². The Kier molecular flexibility index (Phi) is 4.39. The first-order valence-electron chi connectivity index (χ1n) is 6.39. The highest BCUT2D eigenvalue weighted by Crippen LogP contribution is 2.26. The van der Waals surface area contributed by atoms with E-state index in [-0.39, 0.29) is 18.2 Å². The molecule has 1 aromatic carbocycles. The molecule has 104 valence electrons. The number of aryl methyl sites for hydroxylation is 1. The highest BCUT2D eigenvalue weighted by atomic mass is 16.7. The molecule has 0 saturated carbocycles. The maximum Gasteiger partial charge on any atom is 0.224 e. The number of fused-ring (bicyclic) bond motifs is 1. The number of hydrogen-bond donors (Lipinski definition) is 2. The third-order valence-corrected chi connectivity index (χ3v) is 3.27. The van der Waals surface area contributed by atoms with Crippen LogP contribution in [0.25, 0.3) is 0 Å². The second kappa shape index (κ2) is 6.04. The van der Waals surface area contributed by atoms with Crippen LogP contribution in [0.1, 0.15) is 18.9 Å². The fraction of sp³-hybridized carbons (Fsp3) is 0.500. The van der Waals surface area contributed by atoms with Crippen molar-refractivity contribution in [1.82, 2.24) is 0 Å². The van der Waals surface area contributed by atoms with E-state index in [0.29, 0.717) is 6.42 Å². The molecule has 0 bridgehead atoms. The van der Waals surface area contributed by atoms with Crippen molar-refractivity contribution in [1.29, 1.82) is 0 Å². The van der Waals surface area contributed by atoms with Gasteiger partial charge in [-0.15, -0.1) is 0 Å². The maximum absolute atomic E-state index is 11.3. The molecule has 0 radical (unpaired) electrons. The molecule has 1 aliphatic rings. The SMILES string of the molecule is COC(OC)C(C)Nc1ccc2c(c1)CCC(=O)N2. The molecular weight excluding hydrogens is 244 g/mol. The van der Waals surface area contributed by atoms with Gasteiger partial charge in [0.1, 0.15) is 0 Å². The minimum Gasteiger partial charge on any atom is -0.377 e. The Morgan fingerprint density at radius 3 is 2.68 bits per heavy atom. The van der Waals surface area contributed by atoms with Crippen molar-refractivity contribution in [3.8, 4) is 0 Å². The van der Waals surface area contributed by atoms with Crippen molar-refractivity contribution in [2.45, 2.75) is 32.1 Å². The number of benzene rings is 1. The van der Waals surface area contributed by atoms with E-state index in [1.165, 1.54) is 0 Å². The summed E-state index contributed by atoms with van der Waals surface area (Å²) < 4.78 is 10.4. The molecule has 0 spiro atoms. The molecule has 19 heavy (non-hydrogen) atoms. The summed E-state index contributed by atoms with van der Waals surface area (Å²) in [5.41, 5.74) is 3.06. The fourth-order valence-electron chi connectivity index (χ4n) is 2.31. The fourth-order valence-corrected chi connectivity index (χ4v) is 2.31. The van der Waals surface area contributed by atoms with Gasteiger partial charge in [0.15, 0.2) is 6.29 Å². The number of hydrogen-bond acceptors (Lipinski definition) is 4. The largest absolute Gasteiger partial charge is 0.377 e. The van der Waals surface area contributed by atoms with E-state index < -0.39 is 0 Å². The first-order valence-corrected chi connectivity index (χ1v) is 6.39. The molecular formula is C14H20N2O3. The summed E-state index contributed by atoms with van der Waals surface area (Å²) in [5.74, 6) is 0.0837. The van der Waals surface area contributed by atoms with E-state index in [1.807, 2.05) is 19.1 Å². The summed E-state index contributed by atoms with van der Waals surface area (Å²) in [4.78, 5) is 11.3. The van der Waals surface area contributed by atoms with Crippen LogP contribution in [-0.4, -0.2) is 32.5 Å². The lowest BCUT2D eigenvalue weighted by Gasteiger charge is -2.24. The Morgan fingerprint density at radius 2 is 2.00 bits per heavy atom. The molecule has 1 amide bonds. The van der Waals surface area contributed by atoms with E-state index in [9.17, 15) is 4.79 Å². The van der Waals surface area contributed by atoms with E-state index >= 15 is 0 Å². The number of amides is 1. The lowest BCUT2D eigenvalue weighted by molar-refractivity contribution is -0.116. The van der Waals surface area contributed by atoms with Crippen LogP contribution in [0.3, 0.4) is 0 Å². The number of carbonyl (C=O) groups excluding carboxylic acids is 1. The molecule has 1 heterocycles. The average Bonchev–Trinajstić information content (AvgIpc) is 2.40. The lowest BCUT2D eigenvalue weighted by Crippen LogP contribution is -2.33. The van der Waals surface area contributed by atoms with Crippen molar-refractivity contribution < 1.29 is 14.3 Å². The van der Waals surface area contributed by atoms with Crippen molar-refractivity contribution in [2.24, 2.45) is 0 Å². The van der Waals surface area contributed by atoms with Crippen molar-refractivity contribution in [3.63, 3.8) is 0 Å². The number of methoxy groups -OCH3 is 2. The van der Waals surface area contributed by atoms with E-state index in [1.54, 1.807) is 14.2 Å². The van der Waals surface area contributed by atoms with Gasteiger partial charge in [0.05, 0.1) is 6.04 Å². The van der Waals surface area contributed by atoms with Crippen molar-refractivity contribution in [2.75, 3.05) is 24.9 Å². The molecule has 0 fully saturated rings. The third kappa shape index (κ3) is 3.24. The summed E-state index contributed by atoms with van der Waals surface area (Å²) in [5, 5.41) is 6.21. The van der Waals surface area contributed by atoms with Gasteiger partial charge >= 0.3 is 0 Å². The predicted molar refractivity (Wildman–Crippen MR) is 74.3 cm³/mol. The van der Waals surface area contributed by atoms with Gasteiger partial charge in [0.25, 0.3) is 0 Å². The van der Waals surface area contributed by atoms with E-state index in [0.717, 1.165) is 23.4 Å². The lowest BCUT2D eigenvalue weighted by atomic mass is 10.0. The summed E-state index contributed by atoms with van der Waals surface area (Å²) in [6.07, 6.45) is 1.03. The van der Waals surface area contributed by atoms with Crippen LogP contribution in [0.15, 0.2) is 18.2 Å². The van der Waals surface area contributed by atoms with Gasteiger partial charge in [-0.25, -0.2) is 0 Å². The molecule has 5 heteroatoms. The zero-order valence-electron chi connectivity index (χ0n) is 11.5. The first kappa shape index (κ1) is 13.8. The van der Waals surface area contributed by atoms with Crippen LogP contribution < -0.4 is 10.6 Å². The van der Waals surface area contributed by atoms with Gasteiger partial charge < -0.3 is 20.1 Å². The molecule has 1 aliphatic heterocycles. The molecule has 2 N–H and O–H groups in total. The Hall–Kier alpha value is -1.59. The molecule has 1 atom stereocenters. The number of anilines is 2. The number of nitrogens with one attached hydrogen (secondary N) is 2. The summed E-state index contributed by atoms with van der Waals surface area (Å²) >= 11 is 0. The second-order valence-corrected chi connectivity index (χ2v) is 4.69. The summed E-state index contributed by atoms with van der Waals surface area (Å²) in [6.45, 7) is 2.00. The van der Waals surface area contributed by atoms with Gasteiger partial charge in [-0.3, -0.25) is 4.79 Å². The first-order chi connectivity index (χ1) is 9.13. The number of carbonyl (C=O) groups is 1. The molecule has 0 aliphatic carbocycles. The smallest absolute Gasteiger partial charge is 0.224 e. The van der Waals surface area contributed by atoms with Crippen LogP contribution in [0.2, 0.25) is 0 Å². The van der Waals surface area contributed by atoms with Gasteiger partial charge in [0, 0.05) is 32.0 Å². The topological polar surface area (TPSA) is 59.6 Å². The molecule has 5 nitrogen and oxygen atoms in total. The summed E-state index contributed by atoms with van der Waals surface area (Å²) in [7, 11) is 3.24.